The van der Waals surface area contributed by atoms with Gasteiger partial charge in [-0.3, -0.25) is 4.79 Å². The number of rotatable bonds is 3. The lowest BCUT2D eigenvalue weighted by molar-refractivity contribution is -0.191. The molecule has 17 heavy (non-hydrogen) atoms. The molecule has 1 aliphatic carbocycles. The topological polar surface area (TPSA) is 46.5 Å². The number of hydrogen-bond acceptors (Lipinski definition) is 3. The van der Waals surface area contributed by atoms with Crippen molar-refractivity contribution in [2.45, 2.75) is 31.6 Å². The van der Waals surface area contributed by atoms with Crippen molar-refractivity contribution in [2.75, 3.05) is 13.2 Å². The van der Waals surface area contributed by atoms with Gasteiger partial charge in [-0.2, -0.15) is 0 Å². The lowest BCUT2D eigenvalue weighted by atomic mass is 9.51. The molecule has 3 nitrogen and oxygen atoms in total. The van der Waals surface area contributed by atoms with Crippen molar-refractivity contribution in [1.29, 1.82) is 0 Å². The van der Waals surface area contributed by atoms with Crippen LogP contribution in [0.3, 0.4) is 0 Å². The van der Waals surface area contributed by atoms with Gasteiger partial charge >= 0.3 is 5.97 Å². The molecule has 92 valence electrons. The van der Waals surface area contributed by atoms with Crippen LogP contribution in [0, 0.1) is 12.3 Å². The Hall–Kier alpha value is -0.870. The van der Waals surface area contributed by atoms with Crippen LogP contribution in [0.1, 0.15) is 29.7 Å². The predicted molar refractivity (Wildman–Crippen MR) is 65.5 cm³/mol. The fourth-order valence-electron chi connectivity index (χ4n) is 3.22. The highest BCUT2D eigenvalue weighted by atomic mass is 32.1. The van der Waals surface area contributed by atoms with Crippen LogP contribution in [-0.2, 0) is 14.9 Å². The predicted octanol–water partition coefficient (Wildman–Crippen LogP) is 2.58. The van der Waals surface area contributed by atoms with E-state index in [2.05, 4.69) is 18.4 Å². The van der Waals surface area contributed by atoms with Gasteiger partial charge in [-0.15, -0.1) is 11.3 Å². The molecule has 3 rings (SSSR count). The van der Waals surface area contributed by atoms with E-state index in [4.69, 9.17) is 4.74 Å². The number of carbonyl (C=O) groups is 1. The molecule has 0 amide bonds. The van der Waals surface area contributed by atoms with E-state index >= 15 is 0 Å². The molecule has 4 heteroatoms. The summed E-state index contributed by atoms with van der Waals surface area (Å²) in [4.78, 5) is 12.9. The van der Waals surface area contributed by atoms with Crippen molar-refractivity contribution in [3.05, 3.63) is 21.9 Å². The maximum Gasteiger partial charge on any atom is 0.310 e. The van der Waals surface area contributed by atoms with Crippen LogP contribution in [0.15, 0.2) is 11.4 Å². The first-order chi connectivity index (χ1) is 8.12. The summed E-state index contributed by atoms with van der Waals surface area (Å²) in [6, 6.07) is 2.08. The monoisotopic (exact) mass is 252 g/mol. The van der Waals surface area contributed by atoms with E-state index in [9.17, 15) is 9.90 Å². The second-order valence-corrected chi connectivity index (χ2v) is 6.16. The Kier molecular flexibility index (Phi) is 2.35. The van der Waals surface area contributed by atoms with Gasteiger partial charge in [0.25, 0.3) is 0 Å². The number of ether oxygens (including phenoxy) is 1. The van der Waals surface area contributed by atoms with Gasteiger partial charge in [0, 0.05) is 4.88 Å². The smallest absolute Gasteiger partial charge is 0.310 e. The quantitative estimate of drug-likeness (QED) is 0.899. The zero-order valence-corrected chi connectivity index (χ0v) is 10.7. The zero-order valence-electron chi connectivity index (χ0n) is 9.86. The van der Waals surface area contributed by atoms with Gasteiger partial charge in [0.15, 0.2) is 0 Å². The molecule has 0 spiro atoms. The molecular formula is C13H16O3S. The largest absolute Gasteiger partial charge is 0.481 e. The molecule has 0 radical (unpaired) electrons. The number of aryl methyl sites for hydroxylation is 1. The highest BCUT2D eigenvalue weighted by Gasteiger charge is 2.65. The Balaban J connectivity index is 2.09. The number of carboxylic acid groups (broad SMARTS) is 1. The van der Waals surface area contributed by atoms with Crippen molar-refractivity contribution >= 4 is 17.3 Å². The summed E-state index contributed by atoms with van der Waals surface area (Å²) in [7, 11) is 0. The minimum absolute atomic E-state index is 0.255. The van der Waals surface area contributed by atoms with E-state index in [1.165, 1.54) is 10.4 Å². The molecular weight excluding hydrogens is 236 g/mol. The highest BCUT2D eigenvalue weighted by Crippen LogP contribution is 2.59. The van der Waals surface area contributed by atoms with Crippen LogP contribution >= 0.6 is 11.3 Å². The molecule has 1 aliphatic heterocycles. The van der Waals surface area contributed by atoms with E-state index in [-0.39, 0.29) is 5.41 Å². The van der Waals surface area contributed by atoms with Crippen LogP contribution < -0.4 is 0 Å². The Morgan fingerprint density at radius 3 is 2.47 bits per heavy atom. The average molecular weight is 252 g/mol. The maximum atomic E-state index is 11.7. The van der Waals surface area contributed by atoms with E-state index in [1.54, 1.807) is 11.3 Å². The maximum absolute atomic E-state index is 11.7. The highest BCUT2D eigenvalue weighted by molar-refractivity contribution is 7.10. The Morgan fingerprint density at radius 2 is 2.18 bits per heavy atom. The summed E-state index contributed by atoms with van der Waals surface area (Å²) in [6.07, 6.45) is 2.62. The van der Waals surface area contributed by atoms with Crippen LogP contribution in [0.4, 0.5) is 0 Å². The second kappa shape index (κ2) is 3.56. The lowest BCUT2D eigenvalue weighted by Gasteiger charge is -2.57. The molecule has 1 N–H and O–H groups in total. The number of thiophene rings is 1. The first-order valence-electron chi connectivity index (χ1n) is 5.98. The summed E-state index contributed by atoms with van der Waals surface area (Å²) < 4.78 is 5.39. The minimum Gasteiger partial charge on any atom is -0.481 e. The van der Waals surface area contributed by atoms with Crippen molar-refractivity contribution < 1.29 is 14.6 Å². The van der Waals surface area contributed by atoms with Crippen LogP contribution in [0.2, 0.25) is 0 Å². The SMILES string of the molecule is Cc1ccsc1C1(C2(C(=O)O)CCC2)COC1. The molecule has 0 atom stereocenters. The molecule has 0 aromatic carbocycles. The van der Waals surface area contributed by atoms with Gasteiger partial charge < -0.3 is 9.84 Å². The summed E-state index contributed by atoms with van der Waals surface area (Å²) in [5, 5.41) is 11.7. The average Bonchev–Trinajstić information content (AvgIpc) is 2.54. The summed E-state index contributed by atoms with van der Waals surface area (Å²) in [5.74, 6) is -0.639. The molecule has 1 aromatic rings. The van der Waals surface area contributed by atoms with Crippen molar-refractivity contribution in [1.82, 2.24) is 0 Å². The third-order valence-electron chi connectivity index (χ3n) is 4.53. The van der Waals surface area contributed by atoms with Crippen LogP contribution in [-0.4, -0.2) is 24.3 Å². The van der Waals surface area contributed by atoms with Gasteiger partial charge in [-0.25, -0.2) is 0 Å². The van der Waals surface area contributed by atoms with E-state index < -0.39 is 11.4 Å². The first kappa shape index (κ1) is 11.2. The Bertz CT molecular complexity index is 455. The van der Waals surface area contributed by atoms with Gasteiger partial charge in [-0.1, -0.05) is 6.42 Å². The summed E-state index contributed by atoms with van der Waals surface area (Å²) in [5.41, 5.74) is 0.391. The minimum atomic E-state index is -0.639. The molecule has 2 aliphatic rings. The Labute approximate surface area is 104 Å². The fraction of sp³-hybridized carbons (Fsp3) is 0.615. The second-order valence-electron chi connectivity index (χ2n) is 5.25. The van der Waals surface area contributed by atoms with Gasteiger partial charge in [-0.05, 0) is 36.8 Å². The van der Waals surface area contributed by atoms with Gasteiger partial charge in [0.1, 0.15) is 0 Å². The lowest BCUT2D eigenvalue weighted by Crippen LogP contribution is -2.64. The Morgan fingerprint density at radius 1 is 1.47 bits per heavy atom. The molecule has 2 heterocycles. The molecule has 1 saturated heterocycles. The summed E-state index contributed by atoms with van der Waals surface area (Å²) in [6.45, 7) is 3.21. The standard InChI is InChI=1S/C13H16O3S/c1-9-3-6-17-10(9)13(7-16-8-13)12(11(14)15)4-2-5-12/h3,6H,2,4-5,7-8H2,1H3,(H,14,15). The first-order valence-corrected chi connectivity index (χ1v) is 6.86. The van der Waals surface area contributed by atoms with E-state index in [0.29, 0.717) is 13.2 Å². The van der Waals surface area contributed by atoms with Crippen molar-refractivity contribution in [2.24, 2.45) is 5.41 Å². The molecule has 0 unspecified atom stereocenters. The number of hydrogen-bond donors (Lipinski definition) is 1. The molecule has 0 bridgehead atoms. The number of aliphatic carboxylic acids is 1. The summed E-state index contributed by atoms with van der Waals surface area (Å²) >= 11 is 1.68. The van der Waals surface area contributed by atoms with Gasteiger partial charge in [0.2, 0.25) is 0 Å². The molecule has 1 saturated carbocycles. The third-order valence-corrected chi connectivity index (χ3v) is 5.75. The van der Waals surface area contributed by atoms with E-state index in [1.807, 2.05) is 0 Å². The molecule has 1 aromatic heterocycles. The fourth-order valence-corrected chi connectivity index (χ4v) is 4.42. The third kappa shape index (κ3) is 1.23. The van der Waals surface area contributed by atoms with Gasteiger partial charge in [0.05, 0.1) is 24.0 Å². The molecule has 2 fully saturated rings. The number of carboxylic acids is 1. The van der Waals surface area contributed by atoms with Crippen LogP contribution in [0.5, 0.6) is 0 Å². The zero-order chi connectivity index (χ0) is 12.1. The van der Waals surface area contributed by atoms with Crippen LogP contribution in [0.25, 0.3) is 0 Å². The van der Waals surface area contributed by atoms with Crippen molar-refractivity contribution in [3.8, 4) is 0 Å². The normalized spacial score (nSPS) is 24.8. The van der Waals surface area contributed by atoms with Crippen molar-refractivity contribution in [3.63, 3.8) is 0 Å². The van der Waals surface area contributed by atoms with E-state index in [0.717, 1.165) is 19.3 Å².